The molecule has 6 nitrogen and oxygen atoms in total. The second-order valence-corrected chi connectivity index (χ2v) is 5.72. The van der Waals surface area contributed by atoms with Crippen LogP contribution in [0.2, 0.25) is 0 Å². The lowest BCUT2D eigenvalue weighted by atomic mass is 10.1. The predicted octanol–water partition coefficient (Wildman–Crippen LogP) is 3.57. The molecule has 0 aliphatic heterocycles. The summed E-state index contributed by atoms with van der Waals surface area (Å²) in [6.07, 6.45) is 0. The number of rotatable bonds is 2. The van der Waals surface area contributed by atoms with Crippen LogP contribution in [-0.2, 0) is 4.79 Å². The van der Waals surface area contributed by atoms with E-state index in [1.54, 1.807) is 19.1 Å². The molecular formula is C19H14N2O4. The molecule has 25 heavy (non-hydrogen) atoms. The van der Waals surface area contributed by atoms with E-state index in [9.17, 15) is 9.59 Å². The van der Waals surface area contributed by atoms with Crippen molar-refractivity contribution in [1.29, 1.82) is 0 Å². The van der Waals surface area contributed by atoms with Crippen molar-refractivity contribution in [2.45, 2.75) is 13.8 Å². The summed E-state index contributed by atoms with van der Waals surface area (Å²) in [6, 6.07) is 12.3. The Morgan fingerprint density at radius 2 is 2.00 bits per heavy atom. The molecule has 0 fully saturated rings. The fourth-order valence-corrected chi connectivity index (χ4v) is 2.86. The van der Waals surface area contributed by atoms with Crippen molar-refractivity contribution in [3.63, 3.8) is 0 Å². The summed E-state index contributed by atoms with van der Waals surface area (Å²) in [4.78, 5) is 31.7. The zero-order valence-electron chi connectivity index (χ0n) is 13.6. The molecule has 0 amide bonds. The Kier molecular flexibility index (Phi) is 3.39. The number of nitrogens with one attached hydrogen (secondary N) is 1. The molecule has 0 radical (unpaired) electrons. The van der Waals surface area contributed by atoms with Gasteiger partial charge in [0.2, 0.25) is 5.43 Å². The number of carbonyl (C=O) groups is 1. The number of hydrogen-bond acceptors (Lipinski definition) is 5. The quantitative estimate of drug-likeness (QED) is 0.447. The van der Waals surface area contributed by atoms with E-state index in [-0.39, 0.29) is 5.43 Å². The number of fused-ring (bicyclic) bond motifs is 2. The Morgan fingerprint density at radius 3 is 2.76 bits per heavy atom. The van der Waals surface area contributed by atoms with Crippen molar-refractivity contribution in [3.05, 3.63) is 58.4 Å². The average Bonchev–Trinajstić information content (AvgIpc) is 2.97. The minimum atomic E-state index is -0.433. The highest BCUT2D eigenvalue weighted by molar-refractivity contribution is 5.85. The molecule has 1 N–H and O–H groups in total. The van der Waals surface area contributed by atoms with Crippen LogP contribution in [0, 0.1) is 6.92 Å². The molecule has 2 aromatic heterocycles. The van der Waals surface area contributed by atoms with Gasteiger partial charge in [0.05, 0.1) is 16.4 Å². The molecule has 2 aromatic carbocycles. The lowest BCUT2D eigenvalue weighted by Gasteiger charge is -2.06. The highest BCUT2D eigenvalue weighted by Gasteiger charge is 2.17. The van der Waals surface area contributed by atoms with Crippen LogP contribution in [0.1, 0.15) is 12.7 Å². The van der Waals surface area contributed by atoms with Crippen molar-refractivity contribution < 1.29 is 13.9 Å². The Labute approximate surface area is 142 Å². The topological polar surface area (TPSA) is 85.2 Å². The first kappa shape index (κ1) is 15.1. The van der Waals surface area contributed by atoms with E-state index in [0.717, 1.165) is 11.0 Å². The van der Waals surface area contributed by atoms with E-state index in [1.807, 2.05) is 24.3 Å². The molecule has 0 atom stereocenters. The first-order valence-corrected chi connectivity index (χ1v) is 7.74. The normalized spacial score (nSPS) is 11.1. The number of aromatic nitrogens is 2. The molecule has 0 spiro atoms. The lowest BCUT2D eigenvalue weighted by molar-refractivity contribution is -0.131. The van der Waals surface area contributed by atoms with E-state index in [4.69, 9.17) is 9.15 Å². The Morgan fingerprint density at radius 1 is 1.20 bits per heavy atom. The van der Waals surface area contributed by atoms with Crippen LogP contribution >= 0.6 is 0 Å². The molecule has 0 saturated heterocycles. The van der Waals surface area contributed by atoms with Crippen LogP contribution in [0.25, 0.3) is 33.4 Å². The van der Waals surface area contributed by atoms with Crippen LogP contribution in [0.15, 0.2) is 51.7 Å². The number of imidazole rings is 1. The molecule has 0 bridgehead atoms. The third-order valence-corrected chi connectivity index (χ3v) is 3.93. The molecule has 0 aliphatic carbocycles. The molecule has 4 rings (SSSR count). The number of nitrogens with zero attached hydrogens (tertiary/aromatic N) is 1. The maximum Gasteiger partial charge on any atom is 0.308 e. The molecule has 0 unspecified atom stereocenters. The zero-order valence-corrected chi connectivity index (χ0v) is 13.6. The summed E-state index contributed by atoms with van der Waals surface area (Å²) < 4.78 is 10.8. The molecule has 2 heterocycles. The molecule has 4 aromatic rings. The number of H-pyrrole nitrogens is 1. The highest BCUT2D eigenvalue weighted by Crippen LogP contribution is 2.26. The monoisotopic (exact) mass is 334 g/mol. The number of ether oxygens (including phenoxy) is 1. The van der Waals surface area contributed by atoms with E-state index in [1.165, 1.54) is 13.0 Å². The number of para-hydroxylation sites is 2. The molecule has 124 valence electrons. The smallest absolute Gasteiger partial charge is 0.308 e. The van der Waals surface area contributed by atoms with Gasteiger partial charge in [0.25, 0.3) is 0 Å². The molecule has 6 heteroatoms. The first-order valence-electron chi connectivity index (χ1n) is 7.74. The van der Waals surface area contributed by atoms with E-state index >= 15 is 0 Å². The third kappa shape index (κ3) is 2.57. The Hall–Kier alpha value is -3.41. The van der Waals surface area contributed by atoms with Gasteiger partial charge in [0.15, 0.2) is 0 Å². The number of aromatic amines is 1. The first-order chi connectivity index (χ1) is 12.0. The minimum Gasteiger partial charge on any atom is -0.460 e. The largest absolute Gasteiger partial charge is 0.460 e. The summed E-state index contributed by atoms with van der Waals surface area (Å²) >= 11 is 0. The second kappa shape index (κ2) is 5.59. The van der Waals surface area contributed by atoms with Gasteiger partial charge in [-0.1, -0.05) is 12.1 Å². The van der Waals surface area contributed by atoms with Gasteiger partial charge < -0.3 is 14.1 Å². The molecule has 0 aliphatic rings. The van der Waals surface area contributed by atoms with Crippen LogP contribution in [-0.4, -0.2) is 15.9 Å². The maximum atomic E-state index is 12.9. The SMILES string of the molecule is CC(=O)Oc1ccc2c(=O)c(-c3nc4ccccc4[nH]3)c(C)oc2c1. The van der Waals surface area contributed by atoms with Crippen LogP contribution in [0.4, 0.5) is 0 Å². The van der Waals surface area contributed by atoms with Gasteiger partial charge in [0, 0.05) is 13.0 Å². The number of carbonyl (C=O) groups excluding carboxylic acids is 1. The highest BCUT2D eigenvalue weighted by atomic mass is 16.5. The standard InChI is InChI=1S/C19H14N2O4/c1-10-17(19-20-14-5-3-4-6-15(14)21-19)18(23)13-8-7-12(25-11(2)22)9-16(13)24-10/h3-9H,1-2H3,(H,20,21). The average molecular weight is 334 g/mol. The third-order valence-electron chi connectivity index (χ3n) is 3.93. The van der Waals surface area contributed by atoms with Gasteiger partial charge in [-0.05, 0) is 31.2 Å². The molecular weight excluding hydrogens is 320 g/mol. The lowest BCUT2D eigenvalue weighted by Crippen LogP contribution is -2.09. The zero-order chi connectivity index (χ0) is 17.6. The van der Waals surface area contributed by atoms with Crippen molar-refractivity contribution in [1.82, 2.24) is 9.97 Å². The van der Waals surface area contributed by atoms with Crippen LogP contribution < -0.4 is 10.2 Å². The number of esters is 1. The number of benzene rings is 2. The summed E-state index contributed by atoms with van der Waals surface area (Å²) in [5.74, 6) is 0.811. The predicted molar refractivity (Wildman–Crippen MR) is 93.6 cm³/mol. The van der Waals surface area contributed by atoms with Gasteiger partial charge in [-0.3, -0.25) is 9.59 Å². The Balaban J connectivity index is 1.92. The van der Waals surface area contributed by atoms with E-state index in [2.05, 4.69) is 9.97 Å². The van der Waals surface area contributed by atoms with Crippen molar-refractivity contribution >= 4 is 28.0 Å². The van der Waals surface area contributed by atoms with Gasteiger partial charge >= 0.3 is 5.97 Å². The van der Waals surface area contributed by atoms with Gasteiger partial charge in [-0.25, -0.2) is 4.98 Å². The van der Waals surface area contributed by atoms with Gasteiger partial charge in [-0.15, -0.1) is 0 Å². The Bertz CT molecular complexity index is 1150. The van der Waals surface area contributed by atoms with Crippen molar-refractivity contribution in [3.8, 4) is 17.1 Å². The van der Waals surface area contributed by atoms with Crippen molar-refractivity contribution in [2.24, 2.45) is 0 Å². The number of aryl methyl sites for hydroxylation is 1. The fraction of sp³-hybridized carbons (Fsp3) is 0.105. The summed E-state index contributed by atoms with van der Waals surface area (Å²) in [5.41, 5.74) is 2.19. The van der Waals surface area contributed by atoms with Crippen LogP contribution in [0.3, 0.4) is 0 Å². The van der Waals surface area contributed by atoms with Gasteiger partial charge in [-0.2, -0.15) is 0 Å². The number of hydrogen-bond donors (Lipinski definition) is 1. The van der Waals surface area contributed by atoms with Crippen LogP contribution in [0.5, 0.6) is 5.75 Å². The molecule has 0 saturated carbocycles. The second-order valence-electron chi connectivity index (χ2n) is 5.72. The van der Waals surface area contributed by atoms with E-state index in [0.29, 0.717) is 33.9 Å². The fourth-order valence-electron chi connectivity index (χ4n) is 2.86. The summed E-state index contributed by atoms with van der Waals surface area (Å²) in [7, 11) is 0. The van der Waals surface area contributed by atoms with Crippen molar-refractivity contribution in [2.75, 3.05) is 0 Å². The van der Waals surface area contributed by atoms with Gasteiger partial charge in [0.1, 0.15) is 28.5 Å². The van der Waals surface area contributed by atoms with E-state index < -0.39 is 5.97 Å². The minimum absolute atomic E-state index is 0.188. The summed E-state index contributed by atoms with van der Waals surface area (Å²) in [6.45, 7) is 3.03. The maximum absolute atomic E-state index is 12.9. The summed E-state index contributed by atoms with van der Waals surface area (Å²) in [5, 5.41) is 0.400.